The third-order valence-electron chi connectivity index (χ3n) is 9.14. The lowest BCUT2D eigenvalue weighted by molar-refractivity contribution is -0.128. The van der Waals surface area contributed by atoms with Gasteiger partial charge in [-0.25, -0.2) is 9.18 Å². The minimum absolute atomic E-state index is 0.0640. The molecule has 0 aromatic heterocycles. The van der Waals surface area contributed by atoms with Gasteiger partial charge in [0.05, 0.1) is 16.5 Å². The van der Waals surface area contributed by atoms with Crippen LogP contribution in [0, 0.1) is 17.7 Å². The van der Waals surface area contributed by atoms with E-state index in [4.69, 9.17) is 23.2 Å². The normalized spacial score (nSPS) is 27.2. The summed E-state index contributed by atoms with van der Waals surface area (Å²) in [6, 6.07) is 15.8. The van der Waals surface area contributed by atoms with Crippen LogP contribution < -0.4 is 10.2 Å². The molecule has 2 saturated heterocycles. The van der Waals surface area contributed by atoms with E-state index in [1.54, 1.807) is 47.4 Å². The van der Waals surface area contributed by atoms with Crippen LogP contribution in [0.5, 0.6) is 0 Å². The van der Waals surface area contributed by atoms with Crippen LogP contribution in [0.15, 0.2) is 60.7 Å². The third kappa shape index (κ3) is 3.91. The van der Waals surface area contributed by atoms with Crippen molar-refractivity contribution < 1.29 is 23.9 Å². The monoisotopic (exact) mass is 593 g/mol. The SMILES string of the molecule is O=C(O)c1cccc(N2CC[C@H]3[C@@H](C2=O)[C@H](c2cccc(Cl)c2F)[C@]2(C(=O)Nc4cc(Cl)ccc42)N3CC2CC2)c1. The van der Waals surface area contributed by atoms with Gasteiger partial charge in [0.1, 0.15) is 11.4 Å². The zero-order chi connectivity index (χ0) is 28.6. The van der Waals surface area contributed by atoms with Crippen LogP contribution in [0.25, 0.3) is 0 Å². The smallest absolute Gasteiger partial charge is 0.335 e. The van der Waals surface area contributed by atoms with Gasteiger partial charge in [-0.15, -0.1) is 0 Å². The number of nitrogens with one attached hydrogen (secondary N) is 1. The molecule has 3 heterocycles. The lowest BCUT2D eigenvalue weighted by Crippen LogP contribution is -2.54. The Morgan fingerprint density at radius 2 is 1.83 bits per heavy atom. The standard InChI is InChI=1S/C31H26Cl2FN3O4/c32-18-9-10-21-23(14-18)35-30(41)31(21)26(20-5-2-6-22(33)27(20)34)25-24(37(31)15-16-7-8-16)11-12-36(28(25)38)19-4-1-3-17(13-19)29(39)40/h1-6,9-10,13-14,16,24-26H,7-8,11-12,15H2,(H,35,41)(H,39,40)/t24-,25+,26-,31+/m0/s1. The Bertz CT molecular complexity index is 1630. The molecular formula is C31H26Cl2FN3O4. The maximum atomic E-state index is 16.0. The number of carbonyl (C=O) groups excluding carboxylic acids is 2. The molecule has 10 heteroatoms. The molecule has 210 valence electrons. The fourth-order valence-corrected chi connectivity index (χ4v) is 7.65. The maximum absolute atomic E-state index is 16.0. The van der Waals surface area contributed by atoms with Crippen molar-refractivity contribution in [1.29, 1.82) is 0 Å². The summed E-state index contributed by atoms with van der Waals surface area (Å²) >= 11 is 12.6. The topological polar surface area (TPSA) is 90.0 Å². The molecule has 7 rings (SSSR count). The number of benzene rings is 3. The Morgan fingerprint density at radius 3 is 2.59 bits per heavy atom. The van der Waals surface area contributed by atoms with E-state index in [2.05, 4.69) is 10.2 Å². The second-order valence-electron chi connectivity index (χ2n) is 11.4. The van der Waals surface area contributed by atoms with Crippen molar-refractivity contribution in [2.75, 3.05) is 23.3 Å². The molecule has 7 nitrogen and oxygen atoms in total. The predicted molar refractivity (Wildman–Crippen MR) is 153 cm³/mol. The fraction of sp³-hybridized carbons (Fsp3) is 0.323. The fourth-order valence-electron chi connectivity index (χ4n) is 7.30. The average molecular weight is 594 g/mol. The van der Waals surface area contributed by atoms with Crippen molar-refractivity contribution in [1.82, 2.24) is 4.90 Å². The summed E-state index contributed by atoms with van der Waals surface area (Å²) in [6.07, 6.45) is 2.58. The van der Waals surface area contributed by atoms with Gasteiger partial charge < -0.3 is 15.3 Å². The number of carbonyl (C=O) groups is 3. The minimum atomic E-state index is -1.36. The van der Waals surface area contributed by atoms with E-state index < -0.39 is 29.2 Å². The molecule has 0 bridgehead atoms. The summed E-state index contributed by atoms with van der Waals surface area (Å²) in [5.74, 6) is -3.66. The summed E-state index contributed by atoms with van der Waals surface area (Å²) in [5, 5.41) is 12.9. The second kappa shape index (κ2) is 9.54. The molecule has 0 radical (unpaired) electrons. The number of anilines is 2. The zero-order valence-corrected chi connectivity index (χ0v) is 23.3. The van der Waals surface area contributed by atoms with Crippen LogP contribution in [0.1, 0.15) is 46.7 Å². The lowest BCUT2D eigenvalue weighted by atomic mass is 9.70. The van der Waals surface area contributed by atoms with E-state index in [-0.39, 0.29) is 34.0 Å². The van der Waals surface area contributed by atoms with Gasteiger partial charge in [-0.05, 0) is 67.1 Å². The highest BCUT2D eigenvalue weighted by Gasteiger charge is 2.70. The quantitative estimate of drug-likeness (QED) is 0.384. The second-order valence-corrected chi connectivity index (χ2v) is 12.2. The molecule has 4 atom stereocenters. The first kappa shape index (κ1) is 26.4. The van der Waals surface area contributed by atoms with Crippen LogP contribution in [-0.2, 0) is 15.1 Å². The van der Waals surface area contributed by atoms with Crippen LogP contribution in [0.4, 0.5) is 15.8 Å². The third-order valence-corrected chi connectivity index (χ3v) is 9.66. The number of hydrogen-bond donors (Lipinski definition) is 2. The van der Waals surface area contributed by atoms with Gasteiger partial charge >= 0.3 is 5.97 Å². The molecule has 1 aliphatic carbocycles. The molecule has 2 N–H and O–H groups in total. The lowest BCUT2D eigenvalue weighted by Gasteiger charge is -2.40. The maximum Gasteiger partial charge on any atom is 0.335 e. The van der Waals surface area contributed by atoms with Crippen LogP contribution in [0.2, 0.25) is 10.0 Å². The van der Waals surface area contributed by atoms with Gasteiger partial charge in [0.15, 0.2) is 0 Å². The first-order chi connectivity index (χ1) is 19.7. The zero-order valence-electron chi connectivity index (χ0n) is 21.8. The van der Waals surface area contributed by atoms with Gasteiger partial charge in [-0.1, -0.05) is 47.5 Å². The Labute approximate surface area is 245 Å². The molecule has 0 unspecified atom stereocenters. The molecular weight excluding hydrogens is 568 g/mol. The van der Waals surface area contributed by atoms with E-state index >= 15 is 4.39 Å². The molecule has 3 aliphatic heterocycles. The first-order valence-corrected chi connectivity index (χ1v) is 14.4. The largest absolute Gasteiger partial charge is 0.478 e. The number of amides is 2. The van der Waals surface area contributed by atoms with E-state index in [0.29, 0.717) is 47.4 Å². The van der Waals surface area contributed by atoms with Gasteiger partial charge in [0.25, 0.3) is 0 Å². The van der Waals surface area contributed by atoms with Gasteiger partial charge in [0.2, 0.25) is 11.8 Å². The van der Waals surface area contributed by atoms with Crippen molar-refractivity contribution in [3.63, 3.8) is 0 Å². The van der Waals surface area contributed by atoms with E-state index in [0.717, 1.165) is 12.8 Å². The summed E-state index contributed by atoms with van der Waals surface area (Å²) in [6.45, 7) is 0.928. The van der Waals surface area contributed by atoms with Gasteiger partial charge in [-0.3, -0.25) is 14.5 Å². The number of rotatable bonds is 5. The Hall–Kier alpha value is -3.46. The molecule has 1 spiro atoms. The summed E-state index contributed by atoms with van der Waals surface area (Å²) in [4.78, 5) is 44.3. The van der Waals surface area contributed by atoms with E-state index in [1.165, 1.54) is 18.2 Å². The van der Waals surface area contributed by atoms with Crippen molar-refractivity contribution in [2.24, 2.45) is 11.8 Å². The molecule has 1 saturated carbocycles. The number of piperidine rings is 1. The number of carboxylic acid groups (broad SMARTS) is 1. The number of halogens is 3. The molecule has 3 aromatic carbocycles. The summed E-state index contributed by atoms with van der Waals surface area (Å²) in [5.41, 5.74) is 0.577. The number of carboxylic acids is 1. The summed E-state index contributed by atoms with van der Waals surface area (Å²) < 4.78 is 16.0. The molecule has 41 heavy (non-hydrogen) atoms. The van der Waals surface area contributed by atoms with E-state index in [9.17, 15) is 19.5 Å². The highest BCUT2D eigenvalue weighted by molar-refractivity contribution is 6.31. The van der Waals surface area contributed by atoms with Crippen molar-refractivity contribution in [3.05, 3.63) is 93.2 Å². The summed E-state index contributed by atoms with van der Waals surface area (Å²) in [7, 11) is 0. The number of fused-ring (bicyclic) bond motifs is 3. The molecule has 4 aliphatic rings. The first-order valence-electron chi connectivity index (χ1n) is 13.7. The van der Waals surface area contributed by atoms with Crippen molar-refractivity contribution in [2.45, 2.75) is 36.8 Å². The number of aromatic carboxylic acids is 1. The molecule has 2 amide bonds. The van der Waals surface area contributed by atoms with Crippen LogP contribution in [0.3, 0.4) is 0 Å². The molecule has 3 fully saturated rings. The minimum Gasteiger partial charge on any atom is -0.478 e. The van der Waals surface area contributed by atoms with Crippen LogP contribution >= 0.6 is 23.2 Å². The van der Waals surface area contributed by atoms with Gasteiger partial charge in [-0.2, -0.15) is 0 Å². The van der Waals surface area contributed by atoms with E-state index in [1.807, 2.05) is 0 Å². The van der Waals surface area contributed by atoms with Gasteiger partial charge in [0, 0.05) is 47.0 Å². The highest BCUT2D eigenvalue weighted by Crippen LogP contribution is 2.62. The van der Waals surface area contributed by atoms with Crippen molar-refractivity contribution in [3.8, 4) is 0 Å². The van der Waals surface area contributed by atoms with Crippen molar-refractivity contribution >= 4 is 52.4 Å². The van der Waals surface area contributed by atoms with Crippen LogP contribution in [-0.4, -0.2) is 46.9 Å². The number of hydrogen-bond acceptors (Lipinski definition) is 4. The predicted octanol–water partition coefficient (Wildman–Crippen LogP) is 5.91. The highest BCUT2D eigenvalue weighted by atomic mass is 35.5. The Balaban J connectivity index is 1.45. The number of likely N-dealkylation sites (tertiary alicyclic amines) is 1. The molecule has 3 aromatic rings. The Morgan fingerprint density at radius 1 is 1.05 bits per heavy atom. The average Bonchev–Trinajstić information content (AvgIpc) is 3.66. The Kier molecular flexibility index (Phi) is 6.15. The number of nitrogens with zero attached hydrogens (tertiary/aromatic N) is 2.